The number of sulfonamides is 1. The maximum Gasteiger partial charge on any atom is 0.218 e. The molecule has 0 spiro atoms. The summed E-state index contributed by atoms with van der Waals surface area (Å²) in [5.41, 5.74) is 1.99. The summed E-state index contributed by atoms with van der Waals surface area (Å²) in [4.78, 5) is 0. The Labute approximate surface area is 132 Å². The quantitative estimate of drug-likeness (QED) is 0.868. The minimum absolute atomic E-state index is 0.103. The Morgan fingerprint density at radius 1 is 1.38 bits per heavy atom. The second-order valence-electron chi connectivity index (χ2n) is 5.37. The summed E-state index contributed by atoms with van der Waals surface area (Å²) in [7, 11) is -1.32. The van der Waals surface area contributed by atoms with Crippen molar-refractivity contribution in [3.8, 4) is 0 Å². The van der Waals surface area contributed by atoms with Crippen molar-refractivity contribution >= 4 is 21.8 Å². The molecule has 1 saturated heterocycles. The largest absolute Gasteiger partial charge is 0.316 e. The van der Waals surface area contributed by atoms with E-state index >= 15 is 0 Å². The Kier molecular flexibility index (Phi) is 6.10. The average molecular weight is 329 g/mol. The third-order valence-electron chi connectivity index (χ3n) is 3.67. The van der Waals surface area contributed by atoms with Crippen LogP contribution in [0.2, 0.25) is 0 Å². The molecule has 1 aliphatic heterocycles. The summed E-state index contributed by atoms with van der Waals surface area (Å²) < 4.78 is 26.8. The van der Waals surface area contributed by atoms with E-state index in [1.54, 1.807) is 4.31 Å². The molecule has 0 bridgehead atoms. The maximum atomic E-state index is 12.6. The van der Waals surface area contributed by atoms with Gasteiger partial charge in [-0.3, -0.25) is 0 Å². The standard InChI is InChI=1S/C15H24N2O2S2/c1-3-15-11-17(7-8-20-15)21(18,19)12-14-6-4-5-13(9-14)10-16-2/h4-6,9,15-16H,3,7-8,10-12H2,1-2H3. The van der Waals surface area contributed by atoms with Crippen LogP contribution < -0.4 is 5.32 Å². The number of rotatable bonds is 6. The van der Waals surface area contributed by atoms with E-state index < -0.39 is 10.0 Å². The van der Waals surface area contributed by atoms with Crippen LogP contribution in [0.4, 0.5) is 0 Å². The van der Waals surface area contributed by atoms with Crippen molar-refractivity contribution in [3.05, 3.63) is 35.4 Å². The molecule has 21 heavy (non-hydrogen) atoms. The van der Waals surface area contributed by atoms with E-state index in [2.05, 4.69) is 12.2 Å². The van der Waals surface area contributed by atoms with Crippen LogP contribution in [0.1, 0.15) is 24.5 Å². The highest BCUT2D eigenvalue weighted by Gasteiger charge is 2.28. The number of benzene rings is 1. The summed E-state index contributed by atoms with van der Waals surface area (Å²) in [6.45, 7) is 4.17. The lowest BCUT2D eigenvalue weighted by atomic mass is 10.1. The summed E-state index contributed by atoms with van der Waals surface area (Å²) in [5, 5.41) is 3.52. The summed E-state index contributed by atoms with van der Waals surface area (Å²) in [6.07, 6.45) is 1.02. The van der Waals surface area contributed by atoms with Gasteiger partial charge in [-0.2, -0.15) is 16.1 Å². The first-order valence-electron chi connectivity index (χ1n) is 7.37. The molecule has 1 atom stereocenters. The highest BCUT2D eigenvalue weighted by atomic mass is 32.2. The van der Waals surface area contributed by atoms with Crippen LogP contribution in [0.3, 0.4) is 0 Å². The zero-order valence-corrected chi connectivity index (χ0v) is 14.3. The lowest BCUT2D eigenvalue weighted by molar-refractivity contribution is 0.415. The lowest BCUT2D eigenvalue weighted by Crippen LogP contribution is -2.42. The smallest absolute Gasteiger partial charge is 0.218 e. The number of nitrogens with zero attached hydrogens (tertiary/aromatic N) is 1. The van der Waals surface area contributed by atoms with E-state index in [1.807, 2.05) is 43.1 Å². The van der Waals surface area contributed by atoms with E-state index in [-0.39, 0.29) is 5.75 Å². The fraction of sp³-hybridized carbons (Fsp3) is 0.600. The van der Waals surface area contributed by atoms with Crippen LogP contribution in [-0.4, -0.2) is 43.9 Å². The van der Waals surface area contributed by atoms with Crippen molar-refractivity contribution in [1.82, 2.24) is 9.62 Å². The predicted molar refractivity (Wildman–Crippen MR) is 89.9 cm³/mol. The highest BCUT2D eigenvalue weighted by Crippen LogP contribution is 2.24. The van der Waals surface area contributed by atoms with Gasteiger partial charge in [0.25, 0.3) is 0 Å². The summed E-state index contributed by atoms with van der Waals surface area (Å²) in [5.74, 6) is 1.00. The molecule has 1 aliphatic rings. The van der Waals surface area contributed by atoms with Gasteiger partial charge >= 0.3 is 0 Å². The van der Waals surface area contributed by atoms with Crippen LogP contribution in [0.5, 0.6) is 0 Å². The maximum absolute atomic E-state index is 12.6. The molecule has 1 heterocycles. The van der Waals surface area contributed by atoms with Gasteiger partial charge in [0.15, 0.2) is 0 Å². The molecule has 1 N–H and O–H groups in total. The first kappa shape index (κ1) is 16.8. The fourth-order valence-corrected chi connectivity index (χ4v) is 5.48. The van der Waals surface area contributed by atoms with Crippen LogP contribution in [-0.2, 0) is 22.3 Å². The molecule has 0 saturated carbocycles. The van der Waals surface area contributed by atoms with Gasteiger partial charge in [0.05, 0.1) is 5.75 Å². The second kappa shape index (κ2) is 7.63. The molecular weight excluding hydrogens is 304 g/mol. The van der Waals surface area contributed by atoms with E-state index in [4.69, 9.17) is 0 Å². The highest BCUT2D eigenvalue weighted by molar-refractivity contribution is 8.00. The fourth-order valence-electron chi connectivity index (χ4n) is 2.53. The average Bonchev–Trinajstić information content (AvgIpc) is 2.47. The Balaban J connectivity index is 2.08. The molecule has 118 valence electrons. The van der Waals surface area contributed by atoms with Gasteiger partial charge in [-0.25, -0.2) is 8.42 Å². The van der Waals surface area contributed by atoms with E-state index in [1.165, 1.54) is 0 Å². The molecule has 1 aromatic carbocycles. The normalized spacial score (nSPS) is 20.6. The Hall–Kier alpha value is -0.560. The SMILES string of the molecule is CCC1CN(S(=O)(=O)Cc2cccc(CNC)c2)CCS1. The van der Waals surface area contributed by atoms with Crippen LogP contribution in [0.15, 0.2) is 24.3 Å². The Bertz CT molecular complexity index is 561. The zero-order chi connectivity index (χ0) is 15.3. The molecule has 1 unspecified atom stereocenters. The Morgan fingerprint density at radius 2 is 2.14 bits per heavy atom. The molecule has 0 aromatic heterocycles. The van der Waals surface area contributed by atoms with Gasteiger partial charge in [0, 0.05) is 30.6 Å². The van der Waals surface area contributed by atoms with Gasteiger partial charge in [-0.15, -0.1) is 0 Å². The van der Waals surface area contributed by atoms with Crippen molar-refractivity contribution in [2.24, 2.45) is 0 Å². The molecule has 1 fully saturated rings. The summed E-state index contributed by atoms with van der Waals surface area (Å²) >= 11 is 1.88. The zero-order valence-electron chi connectivity index (χ0n) is 12.7. The first-order chi connectivity index (χ1) is 10.0. The van der Waals surface area contributed by atoms with Crippen molar-refractivity contribution in [2.45, 2.75) is 30.9 Å². The monoisotopic (exact) mass is 328 g/mol. The lowest BCUT2D eigenvalue weighted by Gasteiger charge is -2.31. The predicted octanol–water partition coefficient (Wildman–Crippen LogP) is 2.06. The molecular formula is C15H24N2O2S2. The van der Waals surface area contributed by atoms with Crippen LogP contribution >= 0.6 is 11.8 Å². The number of nitrogens with one attached hydrogen (secondary N) is 1. The van der Waals surface area contributed by atoms with Gasteiger partial charge in [-0.1, -0.05) is 31.2 Å². The third-order valence-corrected chi connectivity index (χ3v) is 6.86. The molecule has 4 nitrogen and oxygen atoms in total. The van der Waals surface area contributed by atoms with Crippen molar-refractivity contribution in [2.75, 3.05) is 25.9 Å². The van der Waals surface area contributed by atoms with Gasteiger partial charge in [0.2, 0.25) is 10.0 Å². The van der Waals surface area contributed by atoms with Crippen molar-refractivity contribution < 1.29 is 8.42 Å². The van der Waals surface area contributed by atoms with Gasteiger partial charge in [0.1, 0.15) is 0 Å². The van der Waals surface area contributed by atoms with E-state index in [9.17, 15) is 8.42 Å². The van der Waals surface area contributed by atoms with E-state index in [0.717, 1.165) is 29.8 Å². The molecule has 0 radical (unpaired) electrons. The van der Waals surface area contributed by atoms with Crippen LogP contribution in [0, 0.1) is 0 Å². The van der Waals surface area contributed by atoms with Crippen LogP contribution in [0.25, 0.3) is 0 Å². The Morgan fingerprint density at radius 3 is 2.86 bits per heavy atom. The number of hydrogen-bond acceptors (Lipinski definition) is 4. The number of thioether (sulfide) groups is 1. The number of hydrogen-bond donors (Lipinski definition) is 1. The third kappa shape index (κ3) is 4.71. The van der Waals surface area contributed by atoms with Gasteiger partial charge in [-0.05, 0) is 24.6 Å². The molecule has 0 aliphatic carbocycles. The van der Waals surface area contributed by atoms with E-state index in [0.29, 0.717) is 18.3 Å². The minimum Gasteiger partial charge on any atom is -0.316 e. The topological polar surface area (TPSA) is 49.4 Å². The molecule has 1 aromatic rings. The van der Waals surface area contributed by atoms with Gasteiger partial charge < -0.3 is 5.32 Å². The molecule has 0 amide bonds. The van der Waals surface area contributed by atoms with Crippen molar-refractivity contribution in [1.29, 1.82) is 0 Å². The molecule has 2 rings (SSSR count). The molecule has 6 heteroatoms. The van der Waals surface area contributed by atoms with Crippen molar-refractivity contribution in [3.63, 3.8) is 0 Å². The second-order valence-corrected chi connectivity index (χ2v) is 8.74. The first-order valence-corrected chi connectivity index (χ1v) is 10.0. The summed E-state index contributed by atoms with van der Waals surface area (Å²) in [6, 6.07) is 7.81. The minimum atomic E-state index is -3.21.